The summed E-state index contributed by atoms with van der Waals surface area (Å²) in [6.45, 7) is 3.08. The number of carbonyl (C=O) groups is 1. The molecule has 1 aromatic heterocycles. The molecule has 0 aliphatic heterocycles. The van der Waals surface area contributed by atoms with E-state index in [0.29, 0.717) is 0 Å². The van der Waals surface area contributed by atoms with Gasteiger partial charge in [-0.1, -0.05) is 24.3 Å². The molecule has 23 heavy (non-hydrogen) atoms. The number of hydrogen-bond donors (Lipinski definition) is 0. The number of likely N-dealkylation sites (N-methyl/N-ethyl adjacent to an activating group) is 1. The minimum Gasteiger partial charge on any atom is -0.341 e. The second kappa shape index (κ2) is 6.26. The molecule has 0 aliphatic rings. The number of aryl methyl sites for hydroxylation is 1. The average molecular weight is 308 g/mol. The van der Waals surface area contributed by atoms with Crippen LogP contribution in [0.15, 0.2) is 48.5 Å². The second-order valence-electron chi connectivity index (χ2n) is 5.39. The van der Waals surface area contributed by atoms with Crippen LogP contribution < -0.4 is 0 Å². The molecule has 3 rings (SSSR count). The van der Waals surface area contributed by atoms with E-state index >= 15 is 0 Å². The Hall–Kier alpha value is -2.59. The van der Waals surface area contributed by atoms with Crippen molar-refractivity contribution in [3.8, 4) is 0 Å². The van der Waals surface area contributed by atoms with E-state index in [1.54, 1.807) is 7.05 Å². The summed E-state index contributed by atoms with van der Waals surface area (Å²) in [4.78, 5) is 16.7. The first-order valence-corrected chi connectivity index (χ1v) is 7.66. The highest BCUT2D eigenvalue weighted by molar-refractivity contribution is 6.08. The van der Waals surface area contributed by atoms with Crippen molar-refractivity contribution >= 4 is 33.8 Å². The SMILES string of the molecule is CCn1c2ccccc2c2cc(/C=C/C(=O)N(C)OC)ccc21. The zero-order chi connectivity index (χ0) is 16.4. The molecule has 0 radical (unpaired) electrons. The van der Waals surface area contributed by atoms with Gasteiger partial charge in [0.15, 0.2) is 0 Å². The Bertz CT molecular complexity index is 893. The lowest BCUT2D eigenvalue weighted by Crippen LogP contribution is -2.22. The van der Waals surface area contributed by atoms with Crippen molar-refractivity contribution < 1.29 is 9.63 Å². The van der Waals surface area contributed by atoms with Crippen molar-refractivity contribution in [1.82, 2.24) is 9.63 Å². The number of para-hydroxylation sites is 1. The largest absolute Gasteiger partial charge is 0.341 e. The Kier molecular flexibility index (Phi) is 4.17. The smallest absolute Gasteiger partial charge is 0.269 e. The van der Waals surface area contributed by atoms with Gasteiger partial charge in [-0.3, -0.25) is 9.63 Å². The Labute approximate surface area is 135 Å². The molecule has 2 aromatic carbocycles. The molecule has 0 atom stereocenters. The fourth-order valence-electron chi connectivity index (χ4n) is 2.88. The average Bonchev–Trinajstić information content (AvgIpc) is 2.92. The fourth-order valence-corrected chi connectivity index (χ4v) is 2.88. The van der Waals surface area contributed by atoms with Gasteiger partial charge < -0.3 is 4.57 Å². The lowest BCUT2D eigenvalue weighted by molar-refractivity contribution is -0.162. The number of amides is 1. The van der Waals surface area contributed by atoms with Gasteiger partial charge in [-0.15, -0.1) is 0 Å². The van der Waals surface area contributed by atoms with Gasteiger partial charge in [0, 0.05) is 41.5 Å². The van der Waals surface area contributed by atoms with E-state index in [2.05, 4.69) is 47.9 Å². The van der Waals surface area contributed by atoms with Crippen LogP contribution in [-0.2, 0) is 16.2 Å². The number of fused-ring (bicyclic) bond motifs is 3. The molecule has 0 saturated heterocycles. The van der Waals surface area contributed by atoms with Crippen LogP contribution in [0, 0.1) is 0 Å². The van der Waals surface area contributed by atoms with Crippen LogP contribution in [0.1, 0.15) is 12.5 Å². The summed E-state index contributed by atoms with van der Waals surface area (Å²) in [5.74, 6) is -0.191. The standard InChI is InChI=1S/C19H20N2O2/c1-4-21-17-8-6-5-7-15(17)16-13-14(9-11-18(16)21)10-12-19(22)20(2)23-3/h5-13H,4H2,1-3H3/b12-10+. The van der Waals surface area contributed by atoms with Gasteiger partial charge in [0.2, 0.25) is 0 Å². The molecule has 4 nitrogen and oxygen atoms in total. The highest BCUT2D eigenvalue weighted by atomic mass is 16.7. The molecular weight excluding hydrogens is 288 g/mol. The Morgan fingerprint density at radius 1 is 1.17 bits per heavy atom. The first-order chi connectivity index (χ1) is 11.2. The number of carbonyl (C=O) groups excluding carboxylic acids is 1. The number of benzene rings is 2. The highest BCUT2D eigenvalue weighted by Gasteiger charge is 2.09. The topological polar surface area (TPSA) is 34.5 Å². The summed E-state index contributed by atoms with van der Waals surface area (Å²) in [5.41, 5.74) is 3.45. The van der Waals surface area contributed by atoms with Gasteiger partial charge in [0.05, 0.1) is 7.11 Å². The third-order valence-corrected chi connectivity index (χ3v) is 4.12. The molecule has 0 saturated carbocycles. The molecule has 1 heterocycles. The molecule has 0 N–H and O–H groups in total. The van der Waals surface area contributed by atoms with E-state index in [0.717, 1.165) is 12.1 Å². The summed E-state index contributed by atoms with van der Waals surface area (Å²) in [7, 11) is 3.06. The Morgan fingerprint density at radius 3 is 2.65 bits per heavy atom. The minimum atomic E-state index is -0.191. The summed E-state index contributed by atoms with van der Waals surface area (Å²) in [6.07, 6.45) is 3.33. The van der Waals surface area contributed by atoms with Crippen LogP contribution in [0.4, 0.5) is 0 Å². The van der Waals surface area contributed by atoms with E-state index < -0.39 is 0 Å². The molecule has 3 aromatic rings. The molecule has 0 fully saturated rings. The number of nitrogens with zero attached hydrogens (tertiary/aromatic N) is 2. The lowest BCUT2D eigenvalue weighted by Gasteiger charge is -2.10. The van der Waals surface area contributed by atoms with Gasteiger partial charge >= 0.3 is 0 Å². The highest BCUT2D eigenvalue weighted by Crippen LogP contribution is 2.29. The Morgan fingerprint density at radius 2 is 1.91 bits per heavy atom. The minimum absolute atomic E-state index is 0.191. The molecule has 4 heteroatoms. The predicted molar refractivity (Wildman–Crippen MR) is 93.9 cm³/mol. The third-order valence-electron chi connectivity index (χ3n) is 4.12. The fraction of sp³-hybridized carbons (Fsp3) is 0.211. The van der Waals surface area contributed by atoms with Crippen LogP contribution in [0.3, 0.4) is 0 Å². The van der Waals surface area contributed by atoms with E-state index in [9.17, 15) is 4.79 Å². The summed E-state index contributed by atoms with van der Waals surface area (Å²) in [6, 6.07) is 14.7. The predicted octanol–water partition coefficient (Wildman–Crippen LogP) is 3.85. The van der Waals surface area contributed by atoms with Crippen LogP contribution in [-0.4, -0.2) is 29.7 Å². The van der Waals surface area contributed by atoms with Crippen molar-refractivity contribution in [2.75, 3.05) is 14.2 Å². The van der Waals surface area contributed by atoms with Gasteiger partial charge in [-0.25, -0.2) is 5.06 Å². The van der Waals surface area contributed by atoms with Crippen molar-refractivity contribution in [2.24, 2.45) is 0 Å². The molecule has 0 unspecified atom stereocenters. The van der Waals surface area contributed by atoms with Gasteiger partial charge in [-0.05, 0) is 36.8 Å². The summed E-state index contributed by atoms with van der Waals surface area (Å²) >= 11 is 0. The normalized spacial score (nSPS) is 11.6. The number of aromatic nitrogens is 1. The third kappa shape index (κ3) is 2.73. The first-order valence-electron chi connectivity index (χ1n) is 7.66. The van der Waals surface area contributed by atoms with Crippen molar-refractivity contribution in [3.05, 3.63) is 54.1 Å². The van der Waals surface area contributed by atoms with E-state index in [-0.39, 0.29) is 5.91 Å². The van der Waals surface area contributed by atoms with Crippen LogP contribution >= 0.6 is 0 Å². The maximum atomic E-state index is 11.8. The maximum Gasteiger partial charge on any atom is 0.269 e. The molecule has 1 amide bonds. The van der Waals surface area contributed by atoms with Crippen LogP contribution in [0.5, 0.6) is 0 Å². The monoisotopic (exact) mass is 308 g/mol. The lowest BCUT2D eigenvalue weighted by atomic mass is 10.1. The van der Waals surface area contributed by atoms with Crippen molar-refractivity contribution in [2.45, 2.75) is 13.5 Å². The second-order valence-corrected chi connectivity index (χ2v) is 5.39. The summed E-state index contributed by atoms with van der Waals surface area (Å²) in [5, 5.41) is 3.63. The van der Waals surface area contributed by atoms with E-state index in [4.69, 9.17) is 4.84 Å². The molecular formula is C19H20N2O2. The summed E-state index contributed by atoms with van der Waals surface area (Å²) < 4.78 is 2.31. The van der Waals surface area contributed by atoms with Gasteiger partial charge in [0.25, 0.3) is 5.91 Å². The zero-order valence-corrected chi connectivity index (χ0v) is 13.6. The molecule has 0 bridgehead atoms. The number of rotatable bonds is 4. The quantitative estimate of drug-likeness (QED) is 0.542. The van der Waals surface area contributed by atoms with Crippen LogP contribution in [0.2, 0.25) is 0 Å². The maximum absolute atomic E-state index is 11.8. The van der Waals surface area contributed by atoms with Crippen molar-refractivity contribution in [3.63, 3.8) is 0 Å². The number of hydrogen-bond acceptors (Lipinski definition) is 2. The first kappa shape index (κ1) is 15.3. The van der Waals surface area contributed by atoms with Gasteiger partial charge in [0.1, 0.15) is 0 Å². The molecule has 0 aliphatic carbocycles. The Balaban J connectivity index is 2.07. The van der Waals surface area contributed by atoms with Gasteiger partial charge in [-0.2, -0.15) is 0 Å². The number of hydroxylamine groups is 2. The van der Waals surface area contributed by atoms with Crippen LogP contribution in [0.25, 0.3) is 27.9 Å². The van der Waals surface area contributed by atoms with E-state index in [1.165, 1.54) is 40.1 Å². The zero-order valence-electron chi connectivity index (χ0n) is 13.6. The molecule has 118 valence electrons. The van der Waals surface area contributed by atoms with Crippen molar-refractivity contribution in [1.29, 1.82) is 0 Å². The molecule has 0 spiro atoms. The van der Waals surface area contributed by atoms with E-state index in [1.807, 2.05) is 12.1 Å².